The average Bonchev–Trinajstić information content (AvgIpc) is 2.77. The molecule has 0 aliphatic carbocycles. The molecule has 1 aliphatic heterocycles. The summed E-state index contributed by atoms with van der Waals surface area (Å²) in [6, 6.07) is 8.51. The van der Waals surface area contributed by atoms with Crippen molar-refractivity contribution in [1.29, 1.82) is 0 Å². The molecule has 4 heteroatoms. The smallest absolute Gasteiger partial charge is 0.111 e. The van der Waals surface area contributed by atoms with Gasteiger partial charge in [-0.15, -0.1) is 0 Å². The molecule has 1 fully saturated rings. The first-order chi connectivity index (χ1) is 9.25. The third kappa shape index (κ3) is 2.65. The molecular weight excluding hydrogens is 254 g/mol. The molecule has 0 saturated carbocycles. The highest BCUT2D eigenvalue weighted by Gasteiger charge is 2.23. The van der Waals surface area contributed by atoms with Crippen LogP contribution in [-0.4, -0.2) is 26.6 Å². The van der Waals surface area contributed by atoms with E-state index in [1.165, 1.54) is 30.5 Å². The Balaban J connectivity index is 1.78. The molecule has 2 aromatic rings. The lowest BCUT2D eigenvalue weighted by atomic mass is 10.0. The van der Waals surface area contributed by atoms with Crippen LogP contribution in [0.15, 0.2) is 24.3 Å². The van der Waals surface area contributed by atoms with Crippen molar-refractivity contribution in [3.8, 4) is 0 Å². The zero-order valence-electron chi connectivity index (χ0n) is 11.4. The molecule has 3 nitrogen and oxygen atoms in total. The van der Waals surface area contributed by atoms with Gasteiger partial charge in [0, 0.05) is 24.8 Å². The predicted octanol–water partition coefficient (Wildman–Crippen LogP) is 2.73. The number of nitrogens with zero attached hydrogens (tertiary/aromatic N) is 2. The largest absolute Gasteiger partial charge is 0.331 e. The van der Waals surface area contributed by atoms with Gasteiger partial charge in [-0.25, -0.2) is 4.98 Å². The molecule has 2 N–H and O–H groups in total. The highest BCUT2D eigenvalue weighted by molar-refractivity contribution is 8.00. The third-order valence-corrected chi connectivity index (χ3v) is 5.53. The lowest BCUT2D eigenvalue weighted by Crippen LogP contribution is -2.36. The van der Waals surface area contributed by atoms with Crippen molar-refractivity contribution in [3.63, 3.8) is 0 Å². The van der Waals surface area contributed by atoms with Gasteiger partial charge in [0.15, 0.2) is 0 Å². The topological polar surface area (TPSA) is 43.8 Å². The monoisotopic (exact) mass is 275 g/mol. The molecule has 1 saturated heterocycles. The number of hydrogen-bond donors (Lipinski definition) is 1. The summed E-state index contributed by atoms with van der Waals surface area (Å²) in [5.74, 6) is 2.38. The highest BCUT2D eigenvalue weighted by Crippen LogP contribution is 2.28. The molecule has 2 atom stereocenters. The second-order valence-electron chi connectivity index (χ2n) is 5.35. The van der Waals surface area contributed by atoms with Crippen LogP contribution in [0.25, 0.3) is 11.0 Å². The van der Waals surface area contributed by atoms with E-state index in [2.05, 4.69) is 29.8 Å². The number of aryl methyl sites for hydroxylation is 1. The number of para-hydroxylation sites is 2. The van der Waals surface area contributed by atoms with Gasteiger partial charge in [0.05, 0.1) is 11.0 Å². The molecule has 1 aromatic carbocycles. The Morgan fingerprint density at radius 1 is 1.42 bits per heavy atom. The van der Waals surface area contributed by atoms with Gasteiger partial charge in [-0.05, 0) is 30.7 Å². The molecule has 0 amide bonds. The van der Waals surface area contributed by atoms with E-state index in [4.69, 9.17) is 10.7 Å². The van der Waals surface area contributed by atoms with Crippen molar-refractivity contribution in [2.75, 3.05) is 5.75 Å². The van der Waals surface area contributed by atoms with Gasteiger partial charge >= 0.3 is 0 Å². The molecule has 0 bridgehead atoms. The zero-order chi connectivity index (χ0) is 13.2. The zero-order valence-corrected chi connectivity index (χ0v) is 12.2. The molecule has 0 radical (unpaired) electrons. The number of thioether (sulfide) groups is 1. The summed E-state index contributed by atoms with van der Waals surface area (Å²) in [7, 11) is 2.09. The van der Waals surface area contributed by atoms with Gasteiger partial charge in [0.2, 0.25) is 0 Å². The Labute approximate surface area is 118 Å². The fourth-order valence-corrected chi connectivity index (χ4v) is 4.17. The SMILES string of the molecule is Cn1c(CC(N)C2CCCCS2)nc2ccccc21. The number of benzene rings is 1. The second-order valence-corrected chi connectivity index (χ2v) is 6.70. The number of imidazole rings is 1. The molecular formula is C15H21N3S. The van der Waals surface area contributed by atoms with Crippen LogP contribution in [0, 0.1) is 0 Å². The fourth-order valence-electron chi connectivity index (χ4n) is 2.82. The number of hydrogen-bond acceptors (Lipinski definition) is 3. The van der Waals surface area contributed by atoms with Crippen molar-refractivity contribution in [2.45, 2.75) is 37.0 Å². The minimum atomic E-state index is 0.223. The van der Waals surface area contributed by atoms with E-state index < -0.39 is 0 Å². The Morgan fingerprint density at radius 3 is 3.00 bits per heavy atom. The third-order valence-electron chi connectivity index (χ3n) is 3.99. The van der Waals surface area contributed by atoms with Crippen LogP contribution < -0.4 is 5.73 Å². The van der Waals surface area contributed by atoms with E-state index >= 15 is 0 Å². The number of aromatic nitrogens is 2. The quantitative estimate of drug-likeness (QED) is 0.936. The number of nitrogens with two attached hydrogens (primary N) is 1. The second kappa shape index (κ2) is 5.55. The first kappa shape index (κ1) is 13.0. The van der Waals surface area contributed by atoms with Crippen LogP contribution in [0.4, 0.5) is 0 Å². The van der Waals surface area contributed by atoms with Crippen LogP contribution in [0.1, 0.15) is 25.1 Å². The summed E-state index contributed by atoms with van der Waals surface area (Å²) >= 11 is 2.04. The van der Waals surface area contributed by atoms with Gasteiger partial charge in [-0.2, -0.15) is 11.8 Å². The highest BCUT2D eigenvalue weighted by atomic mass is 32.2. The maximum absolute atomic E-state index is 6.40. The molecule has 2 unspecified atom stereocenters. The molecule has 1 aromatic heterocycles. The first-order valence-electron chi connectivity index (χ1n) is 7.03. The van der Waals surface area contributed by atoms with Crippen LogP contribution in [0.5, 0.6) is 0 Å². The van der Waals surface area contributed by atoms with E-state index in [1.54, 1.807) is 0 Å². The van der Waals surface area contributed by atoms with Gasteiger partial charge in [0.1, 0.15) is 5.82 Å². The summed E-state index contributed by atoms with van der Waals surface area (Å²) in [5, 5.41) is 0.605. The van der Waals surface area contributed by atoms with Gasteiger partial charge < -0.3 is 10.3 Å². The van der Waals surface area contributed by atoms with Crippen LogP contribution >= 0.6 is 11.8 Å². The minimum absolute atomic E-state index is 0.223. The van der Waals surface area contributed by atoms with Gasteiger partial charge in [0.25, 0.3) is 0 Å². The molecule has 3 rings (SSSR count). The maximum Gasteiger partial charge on any atom is 0.111 e. The number of fused-ring (bicyclic) bond motifs is 1. The number of rotatable bonds is 3. The van der Waals surface area contributed by atoms with Gasteiger partial charge in [-0.1, -0.05) is 18.6 Å². The van der Waals surface area contributed by atoms with Crippen molar-refractivity contribution in [3.05, 3.63) is 30.1 Å². The minimum Gasteiger partial charge on any atom is -0.331 e. The lowest BCUT2D eigenvalue weighted by Gasteiger charge is -2.26. The van der Waals surface area contributed by atoms with E-state index in [0.717, 1.165) is 17.8 Å². The van der Waals surface area contributed by atoms with Crippen molar-refractivity contribution in [2.24, 2.45) is 12.8 Å². The first-order valence-corrected chi connectivity index (χ1v) is 8.08. The van der Waals surface area contributed by atoms with E-state index in [1.807, 2.05) is 17.8 Å². The maximum atomic E-state index is 6.40. The summed E-state index contributed by atoms with van der Waals surface area (Å²) in [5.41, 5.74) is 8.67. The van der Waals surface area contributed by atoms with Crippen LogP contribution in [-0.2, 0) is 13.5 Å². The summed E-state index contributed by atoms with van der Waals surface area (Å²) < 4.78 is 2.18. The summed E-state index contributed by atoms with van der Waals surface area (Å²) in [4.78, 5) is 4.72. The van der Waals surface area contributed by atoms with E-state index in [0.29, 0.717) is 5.25 Å². The molecule has 102 valence electrons. The summed E-state index contributed by atoms with van der Waals surface area (Å²) in [6.45, 7) is 0. The van der Waals surface area contributed by atoms with Crippen molar-refractivity contribution < 1.29 is 0 Å². The van der Waals surface area contributed by atoms with E-state index in [-0.39, 0.29) is 6.04 Å². The standard InChI is InChI=1S/C15H21N3S/c1-18-13-7-3-2-6-12(13)17-15(18)10-11(16)14-8-4-5-9-19-14/h2-3,6-7,11,14H,4-5,8-10,16H2,1H3. The molecule has 1 aliphatic rings. The normalized spacial score (nSPS) is 21.7. The Hall–Kier alpha value is -1.00. The molecule has 2 heterocycles. The lowest BCUT2D eigenvalue weighted by molar-refractivity contribution is 0.544. The fraction of sp³-hybridized carbons (Fsp3) is 0.533. The van der Waals surface area contributed by atoms with E-state index in [9.17, 15) is 0 Å². The Morgan fingerprint density at radius 2 is 2.26 bits per heavy atom. The average molecular weight is 275 g/mol. The summed E-state index contributed by atoms with van der Waals surface area (Å²) in [6.07, 6.45) is 4.81. The Kier molecular flexibility index (Phi) is 3.80. The van der Waals surface area contributed by atoms with Gasteiger partial charge in [-0.3, -0.25) is 0 Å². The van der Waals surface area contributed by atoms with Crippen LogP contribution in [0.2, 0.25) is 0 Å². The molecule has 19 heavy (non-hydrogen) atoms. The van der Waals surface area contributed by atoms with Crippen molar-refractivity contribution in [1.82, 2.24) is 9.55 Å². The van der Waals surface area contributed by atoms with Crippen LogP contribution in [0.3, 0.4) is 0 Å². The Bertz CT molecular complexity index is 558. The van der Waals surface area contributed by atoms with Crippen molar-refractivity contribution >= 4 is 22.8 Å². The molecule has 0 spiro atoms. The predicted molar refractivity (Wildman–Crippen MR) is 82.5 cm³/mol.